The van der Waals surface area contributed by atoms with Gasteiger partial charge in [-0.05, 0) is 42.0 Å². The molecule has 2 aromatic rings. The van der Waals surface area contributed by atoms with Crippen molar-refractivity contribution >= 4 is 49.4 Å². The third-order valence-electron chi connectivity index (χ3n) is 2.83. The largest absolute Gasteiger partial charge is 0.347 e. The molecule has 0 spiro atoms. The van der Waals surface area contributed by atoms with Crippen LogP contribution >= 0.6 is 31.9 Å². The van der Waals surface area contributed by atoms with E-state index in [0.717, 1.165) is 14.5 Å². The fourth-order valence-electron chi connectivity index (χ4n) is 1.81. The number of hydrogen-bond donors (Lipinski definition) is 2. The Bertz CT molecular complexity index is 672. The van der Waals surface area contributed by atoms with E-state index in [1.165, 1.54) is 0 Å². The summed E-state index contributed by atoms with van der Waals surface area (Å²) in [5.74, 6) is -0.450. The van der Waals surface area contributed by atoms with Crippen molar-refractivity contribution in [2.45, 2.75) is 6.42 Å². The number of nitrogens with one attached hydrogen (secondary N) is 2. The molecule has 0 aromatic heterocycles. The molecule has 22 heavy (non-hydrogen) atoms. The molecule has 0 bridgehead atoms. The lowest BCUT2D eigenvalue weighted by atomic mass is 10.1. The highest BCUT2D eigenvalue weighted by Gasteiger charge is 2.07. The minimum atomic E-state index is -0.259. The molecule has 0 aliphatic carbocycles. The maximum atomic E-state index is 11.8. The first-order valence-electron chi connectivity index (χ1n) is 6.59. The molecular formula is C16H14Br2N2O2. The van der Waals surface area contributed by atoms with Gasteiger partial charge in [0.25, 0.3) is 0 Å². The standard InChI is InChI=1S/C16H14Br2N2O2/c17-12-4-6-14(7-5-12)20-16(22)10-19-15(21)9-11-2-1-3-13(18)8-11/h1-8H,9-10H2,(H,19,21)(H,20,22). The van der Waals surface area contributed by atoms with Crippen molar-refractivity contribution in [2.24, 2.45) is 0 Å². The molecular weight excluding hydrogens is 412 g/mol. The van der Waals surface area contributed by atoms with Gasteiger partial charge in [0.1, 0.15) is 0 Å². The van der Waals surface area contributed by atoms with Crippen molar-refractivity contribution in [3.05, 3.63) is 63.0 Å². The zero-order valence-corrected chi connectivity index (χ0v) is 14.8. The van der Waals surface area contributed by atoms with E-state index in [-0.39, 0.29) is 24.8 Å². The molecule has 2 amide bonds. The highest BCUT2D eigenvalue weighted by atomic mass is 79.9. The van der Waals surface area contributed by atoms with E-state index in [1.807, 2.05) is 36.4 Å². The Morgan fingerprint density at radius 3 is 2.32 bits per heavy atom. The number of anilines is 1. The molecule has 0 saturated carbocycles. The van der Waals surface area contributed by atoms with Crippen LogP contribution in [0.2, 0.25) is 0 Å². The van der Waals surface area contributed by atoms with Crippen LogP contribution in [0, 0.1) is 0 Å². The van der Waals surface area contributed by atoms with Crippen molar-refractivity contribution in [1.82, 2.24) is 5.32 Å². The number of amides is 2. The molecule has 2 rings (SSSR count). The quantitative estimate of drug-likeness (QED) is 0.769. The van der Waals surface area contributed by atoms with Crippen LogP contribution in [0.5, 0.6) is 0 Å². The van der Waals surface area contributed by atoms with Crippen LogP contribution in [0.4, 0.5) is 5.69 Å². The van der Waals surface area contributed by atoms with Gasteiger partial charge in [-0.25, -0.2) is 0 Å². The SMILES string of the molecule is O=C(Cc1cccc(Br)c1)NCC(=O)Nc1ccc(Br)cc1. The van der Waals surface area contributed by atoms with Gasteiger partial charge in [-0.2, -0.15) is 0 Å². The van der Waals surface area contributed by atoms with E-state index in [4.69, 9.17) is 0 Å². The molecule has 0 unspecified atom stereocenters. The van der Waals surface area contributed by atoms with E-state index < -0.39 is 0 Å². The Morgan fingerprint density at radius 2 is 1.64 bits per heavy atom. The van der Waals surface area contributed by atoms with Crippen molar-refractivity contribution in [3.8, 4) is 0 Å². The lowest BCUT2D eigenvalue weighted by molar-refractivity contribution is -0.123. The minimum absolute atomic E-state index is 0.0527. The number of carbonyl (C=O) groups is 2. The Balaban J connectivity index is 1.78. The summed E-state index contributed by atoms with van der Waals surface area (Å²) < 4.78 is 1.86. The number of carbonyl (C=O) groups excluding carboxylic acids is 2. The number of hydrogen-bond acceptors (Lipinski definition) is 2. The summed E-state index contributed by atoms with van der Waals surface area (Å²) in [4.78, 5) is 23.6. The maximum absolute atomic E-state index is 11.8. The first-order valence-corrected chi connectivity index (χ1v) is 8.18. The van der Waals surface area contributed by atoms with E-state index in [2.05, 4.69) is 42.5 Å². The monoisotopic (exact) mass is 424 g/mol. The molecule has 4 nitrogen and oxygen atoms in total. The topological polar surface area (TPSA) is 58.2 Å². The molecule has 0 heterocycles. The second-order valence-corrected chi connectivity index (χ2v) is 6.47. The number of halogens is 2. The van der Waals surface area contributed by atoms with E-state index in [9.17, 15) is 9.59 Å². The van der Waals surface area contributed by atoms with Gasteiger partial charge in [0.15, 0.2) is 0 Å². The van der Waals surface area contributed by atoms with Crippen LogP contribution in [0.15, 0.2) is 57.5 Å². The smallest absolute Gasteiger partial charge is 0.243 e. The predicted octanol–water partition coefficient (Wildman–Crippen LogP) is 3.51. The van der Waals surface area contributed by atoms with Crippen LogP contribution in [-0.4, -0.2) is 18.4 Å². The Morgan fingerprint density at radius 1 is 0.909 bits per heavy atom. The second kappa shape index (κ2) is 8.10. The zero-order chi connectivity index (χ0) is 15.9. The molecule has 0 fully saturated rings. The third-order valence-corrected chi connectivity index (χ3v) is 3.85. The molecule has 0 aliphatic heterocycles. The number of rotatable bonds is 5. The fourth-order valence-corrected chi connectivity index (χ4v) is 2.52. The van der Waals surface area contributed by atoms with Crippen molar-refractivity contribution < 1.29 is 9.59 Å². The average Bonchev–Trinajstić information content (AvgIpc) is 2.48. The molecule has 6 heteroatoms. The molecule has 0 atom stereocenters. The zero-order valence-electron chi connectivity index (χ0n) is 11.6. The van der Waals surface area contributed by atoms with Crippen LogP contribution < -0.4 is 10.6 Å². The van der Waals surface area contributed by atoms with Crippen molar-refractivity contribution in [2.75, 3.05) is 11.9 Å². The highest BCUT2D eigenvalue weighted by molar-refractivity contribution is 9.10. The van der Waals surface area contributed by atoms with E-state index in [0.29, 0.717) is 5.69 Å². The Hall–Kier alpha value is -1.66. The minimum Gasteiger partial charge on any atom is -0.347 e. The first kappa shape index (κ1) is 16.7. The van der Waals surface area contributed by atoms with E-state index in [1.54, 1.807) is 12.1 Å². The van der Waals surface area contributed by atoms with Gasteiger partial charge in [-0.3, -0.25) is 9.59 Å². The third kappa shape index (κ3) is 5.61. The van der Waals surface area contributed by atoms with E-state index >= 15 is 0 Å². The van der Waals surface area contributed by atoms with Crippen LogP contribution in [0.3, 0.4) is 0 Å². The van der Waals surface area contributed by atoms with Gasteiger partial charge in [0.2, 0.25) is 11.8 Å². The summed E-state index contributed by atoms with van der Waals surface area (Å²) in [5, 5.41) is 5.32. The second-order valence-electron chi connectivity index (χ2n) is 4.64. The van der Waals surface area contributed by atoms with Crippen LogP contribution in [0.25, 0.3) is 0 Å². The van der Waals surface area contributed by atoms with Gasteiger partial charge >= 0.3 is 0 Å². The van der Waals surface area contributed by atoms with Gasteiger partial charge in [0.05, 0.1) is 13.0 Å². The molecule has 114 valence electrons. The van der Waals surface area contributed by atoms with Gasteiger partial charge in [-0.15, -0.1) is 0 Å². The Labute approximate surface area is 145 Å². The van der Waals surface area contributed by atoms with Crippen molar-refractivity contribution in [3.63, 3.8) is 0 Å². The summed E-state index contributed by atoms with van der Waals surface area (Å²) in [7, 11) is 0. The van der Waals surface area contributed by atoms with Gasteiger partial charge < -0.3 is 10.6 Å². The summed E-state index contributed by atoms with van der Waals surface area (Å²) >= 11 is 6.68. The fraction of sp³-hybridized carbons (Fsp3) is 0.125. The summed E-state index contributed by atoms with van der Waals surface area (Å²) in [5.41, 5.74) is 1.58. The van der Waals surface area contributed by atoms with Gasteiger partial charge in [-0.1, -0.05) is 44.0 Å². The molecule has 0 aliphatic rings. The number of benzene rings is 2. The lowest BCUT2D eigenvalue weighted by Gasteiger charge is -2.07. The molecule has 0 radical (unpaired) electrons. The first-order chi connectivity index (χ1) is 10.5. The maximum Gasteiger partial charge on any atom is 0.243 e. The lowest BCUT2D eigenvalue weighted by Crippen LogP contribution is -2.33. The predicted molar refractivity (Wildman–Crippen MR) is 93.6 cm³/mol. The van der Waals surface area contributed by atoms with Crippen LogP contribution in [0.1, 0.15) is 5.56 Å². The molecule has 2 aromatic carbocycles. The van der Waals surface area contributed by atoms with Crippen molar-refractivity contribution in [1.29, 1.82) is 0 Å². The van der Waals surface area contributed by atoms with Crippen LogP contribution in [-0.2, 0) is 16.0 Å². The molecule has 0 saturated heterocycles. The van der Waals surface area contributed by atoms with Gasteiger partial charge in [0, 0.05) is 14.6 Å². The average molecular weight is 426 g/mol. The summed E-state index contributed by atoms with van der Waals surface area (Å²) in [6.07, 6.45) is 0.241. The summed E-state index contributed by atoms with van der Waals surface area (Å²) in [6.45, 7) is -0.0527. The highest BCUT2D eigenvalue weighted by Crippen LogP contribution is 2.14. The molecule has 2 N–H and O–H groups in total. The summed E-state index contributed by atoms with van der Waals surface area (Å²) in [6, 6.07) is 14.7. The Kier molecular flexibility index (Phi) is 6.15. The normalized spacial score (nSPS) is 10.1.